The highest BCUT2D eigenvalue weighted by atomic mass is 16.1. The molecule has 1 aliphatic rings. The number of allylic oxidation sites excluding steroid dienone is 2. The van der Waals surface area contributed by atoms with E-state index in [1.165, 1.54) is 24.0 Å². The van der Waals surface area contributed by atoms with Crippen molar-refractivity contribution in [2.24, 2.45) is 0 Å². The topological polar surface area (TPSA) is 29.1 Å². The van der Waals surface area contributed by atoms with Crippen molar-refractivity contribution >= 4 is 5.91 Å². The van der Waals surface area contributed by atoms with Crippen LogP contribution < -0.4 is 5.32 Å². The van der Waals surface area contributed by atoms with Gasteiger partial charge in [0.2, 0.25) is 5.91 Å². The average Bonchev–Trinajstić information content (AvgIpc) is 2.53. The summed E-state index contributed by atoms with van der Waals surface area (Å²) in [7, 11) is 0. The Bertz CT molecular complexity index is 518. The zero-order chi connectivity index (χ0) is 15.1. The predicted molar refractivity (Wildman–Crippen MR) is 88.2 cm³/mol. The van der Waals surface area contributed by atoms with Crippen LogP contribution >= 0.6 is 0 Å². The number of amides is 1. The van der Waals surface area contributed by atoms with E-state index >= 15 is 0 Å². The van der Waals surface area contributed by atoms with E-state index in [4.69, 9.17) is 0 Å². The van der Waals surface area contributed by atoms with E-state index in [1.807, 2.05) is 12.1 Å². The van der Waals surface area contributed by atoms with Crippen molar-refractivity contribution in [1.82, 2.24) is 5.32 Å². The Kier molecular flexibility index (Phi) is 5.38. The first-order valence-corrected chi connectivity index (χ1v) is 7.79. The average molecular weight is 283 g/mol. The highest BCUT2D eigenvalue weighted by Crippen LogP contribution is 2.40. The molecular formula is C19H25NO. The van der Waals surface area contributed by atoms with E-state index in [0.717, 1.165) is 19.3 Å². The first kappa shape index (κ1) is 15.6. The predicted octanol–water partition coefficient (Wildman–Crippen LogP) is 4.14. The van der Waals surface area contributed by atoms with Crippen molar-refractivity contribution in [2.45, 2.75) is 44.4 Å². The van der Waals surface area contributed by atoms with Crippen molar-refractivity contribution in [1.29, 1.82) is 0 Å². The summed E-state index contributed by atoms with van der Waals surface area (Å²) in [6.45, 7) is 6.18. The number of carbonyl (C=O) groups excluding carboxylic acids is 1. The molecule has 1 aliphatic carbocycles. The monoisotopic (exact) mass is 283 g/mol. The van der Waals surface area contributed by atoms with Gasteiger partial charge in [0.15, 0.2) is 0 Å². The van der Waals surface area contributed by atoms with Gasteiger partial charge in [-0.15, -0.1) is 6.58 Å². The van der Waals surface area contributed by atoms with Crippen LogP contribution in [0.15, 0.2) is 54.6 Å². The van der Waals surface area contributed by atoms with Crippen molar-refractivity contribution in [3.63, 3.8) is 0 Å². The summed E-state index contributed by atoms with van der Waals surface area (Å²) >= 11 is 0. The van der Waals surface area contributed by atoms with E-state index < -0.39 is 0 Å². The van der Waals surface area contributed by atoms with Crippen LogP contribution in [0.5, 0.6) is 0 Å². The van der Waals surface area contributed by atoms with Crippen LogP contribution in [-0.2, 0) is 10.2 Å². The Balaban J connectivity index is 2.44. The van der Waals surface area contributed by atoms with Gasteiger partial charge in [0.1, 0.15) is 0 Å². The van der Waals surface area contributed by atoms with Gasteiger partial charge in [0.25, 0.3) is 0 Å². The van der Waals surface area contributed by atoms with E-state index in [1.54, 1.807) is 6.92 Å². The molecule has 0 bridgehead atoms. The quantitative estimate of drug-likeness (QED) is 0.781. The molecule has 0 heterocycles. The number of carbonyl (C=O) groups is 1. The third-order valence-corrected chi connectivity index (χ3v) is 4.36. The second-order valence-electron chi connectivity index (χ2n) is 5.83. The molecule has 0 aromatic heterocycles. The minimum atomic E-state index is -0.144. The zero-order valence-corrected chi connectivity index (χ0v) is 12.9. The van der Waals surface area contributed by atoms with E-state index in [9.17, 15) is 4.79 Å². The molecule has 0 saturated heterocycles. The lowest BCUT2D eigenvalue weighted by Gasteiger charge is -2.38. The van der Waals surface area contributed by atoms with Crippen LogP contribution in [0.1, 0.15) is 44.6 Å². The van der Waals surface area contributed by atoms with Crippen LogP contribution in [0, 0.1) is 0 Å². The molecule has 2 rings (SSSR count). The number of nitrogens with one attached hydrogen (secondary N) is 1. The largest absolute Gasteiger partial charge is 0.355 e. The maximum absolute atomic E-state index is 11.5. The van der Waals surface area contributed by atoms with Gasteiger partial charge in [0, 0.05) is 18.9 Å². The SMILES string of the molecule is C=CC[C@](CNC(C)=O)(C1=CCCCC1)c1ccccc1. The molecule has 0 saturated carbocycles. The molecule has 2 heteroatoms. The standard InChI is InChI=1S/C19H25NO/c1-3-14-19(15-20-16(2)21,17-10-6-4-7-11-17)18-12-8-5-9-13-18/h3-4,6-7,10-12H,1,5,8-9,13-15H2,2H3,(H,20,21)/t19-/m1/s1. The summed E-state index contributed by atoms with van der Waals surface area (Å²) in [5, 5.41) is 3.04. The van der Waals surface area contributed by atoms with Crippen LogP contribution in [0.3, 0.4) is 0 Å². The first-order valence-electron chi connectivity index (χ1n) is 7.79. The van der Waals surface area contributed by atoms with Crippen molar-refractivity contribution < 1.29 is 4.79 Å². The van der Waals surface area contributed by atoms with Crippen molar-refractivity contribution in [3.8, 4) is 0 Å². The van der Waals surface area contributed by atoms with Crippen molar-refractivity contribution in [2.75, 3.05) is 6.54 Å². The Morgan fingerprint density at radius 2 is 2.10 bits per heavy atom. The maximum Gasteiger partial charge on any atom is 0.216 e. The van der Waals surface area contributed by atoms with Gasteiger partial charge in [0.05, 0.1) is 0 Å². The third kappa shape index (κ3) is 3.63. The van der Waals surface area contributed by atoms with Gasteiger partial charge in [-0.3, -0.25) is 4.79 Å². The fourth-order valence-electron chi connectivity index (χ4n) is 3.27. The Labute approximate surface area is 128 Å². The fourth-order valence-corrected chi connectivity index (χ4v) is 3.27. The second kappa shape index (κ2) is 7.26. The fraction of sp³-hybridized carbons (Fsp3) is 0.421. The molecule has 112 valence electrons. The molecule has 21 heavy (non-hydrogen) atoms. The molecule has 1 N–H and O–H groups in total. The number of benzene rings is 1. The summed E-state index contributed by atoms with van der Waals surface area (Å²) in [5.74, 6) is 0.0239. The molecule has 0 spiro atoms. The third-order valence-electron chi connectivity index (χ3n) is 4.36. The number of hydrogen-bond acceptors (Lipinski definition) is 1. The van der Waals surface area contributed by atoms with Crippen LogP contribution in [0.25, 0.3) is 0 Å². The van der Waals surface area contributed by atoms with Crippen molar-refractivity contribution in [3.05, 3.63) is 60.2 Å². The lowest BCUT2D eigenvalue weighted by molar-refractivity contribution is -0.119. The summed E-state index contributed by atoms with van der Waals surface area (Å²) in [4.78, 5) is 11.5. The number of rotatable bonds is 6. The molecule has 0 aliphatic heterocycles. The molecule has 1 aromatic rings. The smallest absolute Gasteiger partial charge is 0.216 e. The van der Waals surface area contributed by atoms with Crippen LogP contribution in [0.2, 0.25) is 0 Å². The molecule has 0 fully saturated rings. The molecule has 0 unspecified atom stereocenters. The molecule has 0 radical (unpaired) electrons. The number of hydrogen-bond donors (Lipinski definition) is 1. The highest BCUT2D eigenvalue weighted by Gasteiger charge is 2.35. The Hall–Kier alpha value is -1.83. The van der Waals surface area contributed by atoms with Gasteiger partial charge in [-0.2, -0.15) is 0 Å². The maximum atomic E-state index is 11.5. The minimum Gasteiger partial charge on any atom is -0.355 e. The summed E-state index contributed by atoms with van der Waals surface area (Å²) in [6.07, 6.45) is 9.96. The molecule has 1 aromatic carbocycles. The van der Waals surface area contributed by atoms with Crippen LogP contribution in [0.4, 0.5) is 0 Å². The minimum absolute atomic E-state index is 0.0239. The van der Waals surface area contributed by atoms with Gasteiger partial charge in [-0.25, -0.2) is 0 Å². The van der Waals surface area contributed by atoms with Crippen LogP contribution in [-0.4, -0.2) is 12.5 Å². The lowest BCUT2D eigenvalue weighted by atomic mass is 9.68. The summed E-state index contributed by atoms with van der Waals surface area (Å²) < 4.78 is 0. The van der Waals surface area contributed by atoms with Gasteiger partial charge in [-0.05, 0) is 37.7 Å². The molecule has 2 nitrogen and oxygen atoms in total. The second-order valence-corrected chi connectivity index (χ2v) is 5.83. The van der Waals surface area contributed by atoms with Gasteiger partial charge < -0.3 is 5.32 Å². The summed E-state index contributed by atoms with van der Waals surface area (Å²) in [5.41, 5.74) is 2.58. The Morgan fingerprint density at radius 3 is 2.67 bits per heavy atom. The highest BCUT2D eigenvalue weighted by molar-refractivity contribution is 5.73. The van der Waals surface area contributed by atoms with E-state index in [-0.39, 0.29) is 11.3 Å². The zero-order valence-electron chi connectivity index (χ0n) is 12.9. The lowest BCUT2D eigenvalue weighted by Crippen LogP contribution is -2.41. The molecular weight excluding hydrogens is 258 g/mol. The van der Waals surface area contributed by atoms with Gasteiger partial charge >= 0.3 is 0 Å². The first-order chi connectivity index (χ1) is 10.2. The molecule has 1 amide bonds. The summed E-state index contributed by atoms with van der Waals surface area (Å²) in [6, 6.07) is 10.5. The molecule has 1 atom stereocenters. The van der Waals surface area contributed by atoms with E-state index in [0.29, 0.717) is 6.54 Å². The van der Waals surface area contributed by atoms with E-state index in [2.05, 4.69) is 42.2 Å². The normalized spacial score (nSPS) is 17.5. The van der Waals surface area contributed by atoms with Gasteiger partial charge in [-0.1, -0.05) is 48.1 Å². The Morgan fingerprint density at radius 1 is 1.33 bits per heavy atom.